The second-order valence-corrected chi connectivity index (χ2v) is 7.03. The first-order chi connectivity index (χ1) is 13.7. The number of benzene rings is 1. The SMILES string of the molecule is CCNc1nc(Nc2cc3c(cc2Cl)C(=O)N(C)C3)nc2[nH]cc(C(F)(F)F)c12. The zero-order valence-electron chi connectivity index (χ0n) is 15.4. The standard InChI is InChI=1S/C18H16ClF3N6O/c1-3-23-14-13-10(18(20,21)22)6-24-15(13)27-17(26-14)25-12-4-8-7-28(2)16(29)9(8)5-11(12)19/h4-6H,3,7H2,1-2H3,(H3,23,24,25,26,27). The van der Waals surface area contributed by atoms with Gasteiger partial charge in [-0.05, 0) is 24.6 Å². The summed E-state index contributed by atoms with van der Waals surface area (Å²) in [6.45, 7) is 2.57. The molecule has 0 unspecified atom stereocenters. The van der Waals surface area contributed by atoms with E-state index in [-0.39, 0.29) is 33.7 Å². The maximum Gasteiger partial charge on any atom is 0.418 e. The third-order valence-electron chi connectivity index (χ3n) is 4.61. The summed E-state index contributed by atoms with van der Waals surface area (Å²) in [4.78, 5) is 24.6. The second kappa shape index (κ2) is 6.80. The lowest BCUT2D eigenvalue weighted by atomic mass is 10.1. The predicted molar refractivity (Wildman–Crippen MR) is 104 cm³/mol. The normalized spacial score (nSPS) is 13.9. The van der Waals surface area contributed by atoms with E-state index in [1.165, 1.54) is 0 Å². The molecular formula is C18H16ClF3N6O. The summed E-state index contributed by atoms with van der Waals surface area (Å²) < 4.78 is 39.9. The van der Waals surface area contributed by atoms with Crippen molar-refractivity contribution in [3.8, 4) is 0 Å². The number of aromatic amines is 1. The van der Waals surface area contributed by atoms with Crippen molar-refractivity contribution in [2.45, 2.75) is 19.6 Å². The number of rotatable bonds is 4. The van der Waals surface area contributed by atoms with Gasteiger partial charge in [-0.15, -0.1) is 0 Å². The number of hydrogen-bond acceptors (Lipinski definition) is 5. The van der Waals surface area contributed by atoms with E-state index in [9.17, 15) is 18.0 Å². The van der Waals surface area contributed by atoms with Crippen molar-refractivity contribution in [3.05, 3.63) is 40.0 Å². The molecule has 0 bridgehead atoms. The number of fused-ring (bicyclic) bond motifs is 2. The number of anilines is 3. The van der Waals surface area contributed by atoms with Crippen molar-refractivity contribution in [1.29, 1.82) is 0 Å². The Morgan fingerprint density at radius 2 is 2.07 bits per heavy atom. The molecule has 0 saturated carbocycles. The van der Waals surface area contributed by atoms with Crippen LogP contribution < -0.4 is 10.6 Å². The van der Waals surface area contributed by atoms with Crippen LogP contribution in [-0.4, -0.2) is 39.4 Å². The minimum absolute atomic E-state index is 0.0398. The number of aromatic nitrogens is 3. The van der Waals surface area contributed by atoms with E-state index < -0.39 is 11.7 Å². The van der Waals surface area contributed by atoms with Gasteiger partial charge in [-0.25, -0.2) is 0 Å². The highest BCUT2D eigenvalue weighted by atomic mass is 35.5. The average Bonchev–Trinajstić information content (AvgIpc) is 3.18. The molecule has 1 aliphatic rings. The molecule has 4 rings (SSSR count). The zero-order valence-corrected chi connectivity index (χ0v) is 16.2. The van der Waals surface area contributed by atoms with Gasteiger partial charge in [-0.2, -0.15) is 23.1 Å². The summed E-state index contributed by atoms with van der Waals surface area (Å²) in [5.41, 5.74) is 0.964. The number of halogens is 4. The molecule has 0 spiro atoms. The number of carbonyl (C=O) groups is 1. The van der Waals surface area contributed by atoms with Gasteiger partial charge in [-0.1, -0.05) is 11.6 Å². The molecule has 1 aliphatic heterocycles. The Hall–Kier alpha value is -3.01. The molecule has 29 heavy (non-hydrogen) atoms. The number of carbonyl (C=O) groups excluding carboxylic acids is 1. The molecule has 1 amide bonds. The molecular weight excluding hydrogens is 409 g/mol. The van der Waals surface area contributed by atoms with E-state index >= 15 is 0 Å². The second-order valence-electron chi connectivity index (χ2n) is 6.63. The van der Waals surface area contributed by atoms with Crippen LogP contribution in [0.2, 0.25) is 5.02 Å². The minimum Gasteiger partial charge on any atom is -0.370 e. The van der Waals surface area contributed by atoms with Crippen LogP contribution in [0, 0.1) is 0 Å². The van der Waals surface area contributed by atoms with Gasteiger partial charge in [0.25, 0.3) is 5.91 Å². The van der Waals surface area contributed by atoms with E-state index in [0.717, 1.165) is 11.8 Å². The van der Waals surface area contributed by atoms with Crippen LogP contribution in [0.4, 0.5) is 30.6 Å². The Kier molecular flexibility index (Phi) is 4.53. The van der Waals surface area contributed by atoms with Crippen LogP contribution in [0.1, 0.15) is 28.4 Å². The van der Waals surface area contributed by atoms with Crippen LogP contribution in [0.15, 0.2) is 18.3 Å². The smallest absolute Gasteiger partial charge is 0.370 e. The van der Waals surface area contributed by atoms with E-state index in [4.69, 9.17) is 11.6 Å². The number of alkyl halides is 3. The van der Waals surface area contributed by atoms with Gasteiger partial charge < -0.3 is 20.5 Å². The highest BCUT2D eigenvalue weighted by Gasteiger charge is 2.35. The summed E-state index contributed by atoms with van der Waals surface area (Å²) in [5, 5.41) is 5.95. The lowest BCUT2D eigenvalue weighted by Gasteiger charge is -2.12. The Morgan fingerprint density at radius 3 is 2.76 bits per heavy atom. The first-order valence-corrected chi connectivity index (χ1v) is 9.12. The lowest BCUT2D eigenvalue weighted by Crippen LogP contribution is -2.17. The maximum atomic E-state index is 13.3. The van der Waals surface area contributed by atoms with Gasteiger partial charge in [0.05, 0.1) is 21.7 Å². The molecule has 3 aromatic rings. The molecule has 0 fully saturated rings. The molecule has 0 atom stereocenters. The molecule has 152 valence electrons. The van der Waals surface area contributed by atoms with E-state index in [2.05, 4.69) is 25.6 Å². The predicted octanol–water partition coefficient (Wildman–Crippen LogP) is 4.39. The number of nitrogens with zero attached hydrogens (tertiary/aromatic N) is 3. The Bertz CT molecular complexity index is 1130. The molecule has 3 heterocycles. The fraction of sp³-hybridized carbons (Fsp3) is 0.278. The number of nitrogens with one attached hydrogen (secondary N) is 3. The summed E-state index contributed by atoms with van der Waals surface area (Å²) in [7, 11) is 1.69. The van der Waals surface area contributed by atoms with Crippen LogP contribution >= 0.6 is 11.6 Å². The van der Waals surface area contributed by atoms with Gasteiger partial charge in [0.15, 0.2) is 0 Å². The largest absolute Gasteiger partial charge is 0.418 e. The number of H-pyrrole nitrogens is 1. The molecule has 3 N–H and O–H groups in total. The Morgan fingerprint density at radius 1 is 1.31 bits per heavy atom. The third-order valence-corrected chi connectivity index (χ3v) is 4.92. The van der Waals surface area contributed by atoms with Gasteiger partial charge in [0, 0.05) is 31.9 Å². The minimum atomic E-state index is -4.54. The van der Waals surface area contributed by atoms with Crippen LogP contribution in [-0.2, 0) is 12.7 Å². The highest BCUT2D eigenvalue weighted by Crippen LogP contribution is 2.38. The number of hydrogen-bond donors (Lipinski definition) is 3. The maximum absolute atomic E-state index is 13.3. The molecule has 7 nitrogen and oxygen atoms in total. The average molecular weight is 425 g/mol. The lowest BCUT2D eigenvalue weighted by molar-refractivity contribution is -0.136. The Labute approximate surface area is 168 Å². The van der Waals surface area contributed by atoms with Crippen LogP contribution in [0.5, 0.6) is 0 Å². The summed E-state index contributed by atoms with van der Waals surface area (Å²) in [6, 6.07) is 3.28. The van der Waals surface area contributed by atoms with E-state index in [1.54, 1.807) is 31.0 Å². The molecule has 1 aromatic carbocycles. The van der Waals surface area contributed by atoms with Crippen LogP contribution in [0.25, 0.3) is 11.0 Å². The fourth-order valence-corrected chi connectivity index (χ4v) is 3.52. The zero-order chi connectivity index (χ0) is 20.9. The molecule has 0 aliphatic carbocycles. The van der Waals surface area contributed by atoms with Crippen molar-refractivity contribution in [2.24, 2.45) is 0 Å². The summed E-state index contributed by atoms with van der Waals surface area (Å²) in [5.74, 6) is 0.0101. The third kappa shape index (κ3) is 3.33. The van der Waals surface area contributed by atoms with Gasteiger partial charge in [0.1, 0.15) is 11.5 Å². The van der Waals surface area contributed by atoms with Crippen molar-refractivity contribution < 1.29 is 18.0 Å². The molecule has 2 aromatic heterocycles. The monoisotopic (exact) mass is 424 g/mol. The first kappa shape index (κ1) is 19.3. The van der Waals surface area contributed by atoms with Crippen molar-refractivity contribution in [1.82, 2.24) is 19.9 Å². The number of amides is 1. The fourth-order valence-electron chi connectivity index (χ4n) is 3.31. The van der Waals surface area contributed by atoms with E-state index in [0.29, 0.717) is 24.3 Å². The molecule has 0 saturated heterocycles. The summed E-state index contributed by atoms with van der Waals surface area (Å²) in [6.07, 6.45) is -3.67. The molecule has 11 heteroatoms. The van der Waals surface area contributed by atoms with Crippen molar-refractivity contribution in [2.75, 3.05) is 24.2 Å². The molecule has 0 radical (unpaired) electrons. The van der Waals surface area contributed by atoms with E-state index in [1.807, 2.05) is 0 Å². The van der Waals surface area contributed by atoms with Crippen LogP contribution in [0.3, 0.4) is 0 Å². The van der Waals surface area contributed by atoms with Gasteiger partial charge in [-0.3, -0.25) is 4.79 Å². The summed E-state index contributed by atoms with van der Waals surface area (Å²) >= 11 is 6.29. The quantitative estimate of drug-likeness (QED) is 0.578. The Balaban J connectivity index is 1.76. The topological polar surface area (TPSA) is 85.9 Å². The van der Waals surface area contributed by atoms with Gasteiger partial charge >= 0.3 is 6.18 Å². The van der Waals surface area contributed by atoms with Gasteiger partial charge in [0.2, 0.25) is 5.95 Å². The highest BCUT2D eigenvalue weighted by molar-refractivity contribution is 6.33. The van der Waals surface area contributed by atoms with Crippen molar-refractivity contribution in [3.63, 3.8) is 0 Å². The van der Waals surface area contributed by atoms with Crippen molar-refractivity contribution >= 4 is 46.0 Å². The first-order valence-electron chi connectivity index (χ1n) is 8.74.